The molecule has 7 nitrogen and oxygen atoms in total. The first-order valence-corrected chi connectivity index (χ1v) is 7.01. The summed E-state index contributed by atoms with van der Waals surface area (Å²) in [5.41, 5.74) is 1.51. The number of benzene rings is 1. The Kier molecular flexibility index (Phi) is 4.28. The molecule has 23 heavy (non-hydrogen) atoms. The predicted octanol–water partition coefficient (Wildman–Crippen LogP) is 2.06. The van der Waals surface area contributed by atoms with Crippen molar-refractivity contribution in [2.75, 3.05) is 12.4 Å². The molecule has 2 heterocycles. The van der Waals surface area contributed by atoms with Crippen LogP contribution in [0.1, 0.15) is 5.56 Å². The van der Waals surface area contributed by atoms with E-state index in [0.717, 1.165) is 5.56 Å². The molecule has 1 aromatic carbocycles. The van der Waals surface area contributed by atoms with Gasteiger partial charge in [-0.1, -0.05) is 18.2 Å². The van der Waals surface area contributed by atoms with Crippen LogP contribution in [0, 0.1) is 0 Å². The SMILES string of the molecule is COc1cccc(CC(=O)Nc2nnc(-c3ccccn3)[nH]2)c1. The first-order chi connectivity index (χ1) is 11.2. The average Bonchev–Trinajstić information content (AvgIpc) is 3.04. The number of nitrogens with one attached hydrogen (secondary N) is 2. The molecule has 0 bridgehead atoms. The smallest absolute Gasteiger partial charge is 0.231 e. The Morgan fingerprint density at radius 1 is 1.22 bits per heavy atom. The maximum Gasteiger partial charge on any atom is 0.231 e. The average molecular weight is 309 g/mol. The topological polar surface area (TPSA) is 92.8 Å². The number of hydrogen-bond donors (Lipinski definition) is 2. The summed E-state index contributed by atoms with van der Waals surface area (Å²) in [5.74, 6) is 1.32. The Hall–Kier alpha value is -3.22. The third kappa shape index (κ3) is 3.70. The fourth-order valence-corrected chi connectivity index (χ4v) is 2.08. The van der Waals surface area contributed by atoms with Gasteiger partial charge in [0.05, 0.1) is 13.5 Å². The summed E-state index contributed by atoms with van der Waals surface area (Å²) in [7, 11) is 1.59. The lowest BCUT2D eigenvalue weighted by Gasteiger charge is -2.04. The maximum absolute atomic E-state index is 12.1. The lowest BCUT2D eigenvalue weighted by molar-refractivity contribution is -0.115. The number of amides is 1. The van der Waals surface area contributed by atoms with E-state index in [0.29, 0.717) is 23.2 Å². The number of hydrogen-bond acceptors (Lipinski definition) is 5. The van der Waals surface area contributed by atoms with Crippen LogP contribution in [0.3, 0.4) is 0 Å². The highest BCUT2D eigenvalue weighted by Crippen LogP contribution is 2.14. The van der Waals surface area contributed by atoms with E-state index in [4.69, 9.17) is 4.74 Å². The molecule has 0 saturated carbocycles. The van der Waals surface area contributed by atoms with Gasteiger partial charge in [0.1, 0.15) is 11.4 Å². The Morgan fingerprint density at radius 2 is 2.13 bits per heavy atom. The highest BCUT2D eigenvalue weighted by atomic mass is 16.5. The number of H-pyrrole nitrogens is 1. The summed E-state index contributed by atoms with van der Waals surface area (Å²) in [5, 5.41) is 10.6. The second-order valence-electron chi connectivity index (χ2n) is 4.81. The van der Waals surface area contributed by atoms with Gasteiger partial charge in [-0.15, -0.1) is 10.2 Å². The Morgan fingerprint density at radius 3 is 2.91 bits per heavy atom. The predicted molar refractivity (Wildman–Crippen MR) is 84.9 cm³/mol. The summed E-state index contributed by atoms with van der Waals surface area (Å²) in [6, 6.07) is 12.8. The molecule has 0 fully saturated rings. The minimum atomic E-state index is -0.193. The van der Waals surface area contributed by atoms with Gasteiger partial charge in [0.25, 0.3) is 0 Å². The Bertz CT molecular complexity index is 801. The monoisotopic (exact) mass is 309 g/mol. The van der Waals surface area contributed by atoms with Crippen molar-refractivity contribution in [2.24, 2.45) is 0 Å². The number of rotatable bonds is 5. The molecule has 0 spiro atoms. The summed E-state index contributed by atoms with van der Waals surface area (Å²) < 4.78 is 5.14. The number of anilines is 1. The maximum atomic E-state index is 12.1. The van der Waals surface area contributed by atoms with Gasteiger partial charge in [-0.05, 0) is 29.8 Å². The van der Waals surface area contributed by atoms with E-state index in [1.165, 1.54) is 0 Å². The summed E-state index contributed by atoms with van der Waals surface area (Å²) in [6.45, 7) is 0. The van der Waals surface area contributed by atoms with Crippen molar-refractivity contribution in [2.45, 2.75) is 6.42 Å². The number of aromatic nitrogens is 4. The number of carbonyl (C=O) groups excluding carboxylic acids is 1. The van der Waals surface area contributed by atoms with Gasteiger partial charge in [-0.2, -0.15) is 0 Å². The minimum Gasteiger partial charge on any atom is -0.497 e. The number of carbonyl (C=O) groups is 1. The largest absolute Gasteiger partial charge is 0.497 e. The van der Waals surface area contributed by atoms with Crippen LogP contribution in [-0.4, -0.2) is 33.2 Å². The third-order valence-corrected chi connectivity index (χ3v) is 3.15. The molecule has 0 saturated heterocycles. The van der Waals surface area contributed by atoms with Gasteiger partial charge in [-0.25, -0.2) is 0 Å². The molecular weight excluding hydrogens is 294 g/mol. The third-order valence-electron chi connectivity index (χ3n) is 3.15. The molecule has 7 heteroatoms. The number of ether oxygens (including phenoxy) is 1. The summed E-state index contributed by atoms with van der Waals surface area (Å²) >= 11 is 0. The van der Waals surface area contributed by atoms with Gasteiger partial charge >= 0.3 is 0 Å². The van der Waals surface area contributed by atoms with Crippen LogP contribution in [-0.2, 0) is 11.2 Å². The fourth-order valence-electron chi connectivity index (χ4n) is 2.08. The van der Waals surface area contributed by atoms with Crippen LogP contribution < -0.4 is 10.1 Å². The molecule has 0 aliphatic heterocycles. The fraction of sp³-hybridized carbons (Fsp3) is 0.125. The molecule has 2 N–H and O–H groups in total. The van der Waals surface area contributed by atoms with Crippen molar-refractivity contribution in [1.82, 2.24) is 20.2 Å². The number of pyridine rings is 1. The molecular formula is C16H15N5O2. The molecule has 0 aliphatic carbocycles. The van der Waals surface area contributed by atoms with E-state index >= 15 is 0 Å². The van der Waals surface area contributed by atoms with Crippen molar-refractivity contribution < 1.29 is 9.53 Å². The highest BCUT2D eigenvalue weighted by molar-refractivity contribution is 5.90. The minimum absolute atomic E-state index is 0.193. The molecule has 0 aliphatic rings. The van der Waals surface area contributed by atoms with Gasteiger partial charge in [0, 0.05) is 6.20 Å². The van der Waals surface area contributed by atoms with Crippen molar-refractivity contribution in [3.8, 4) is 17.3 Å². The number of nitrogens with zero attached hydrogens (tertiary/aromatic N) is 3. The van der Waals surface area contributed by atoms with E-state index in [2.05, 4.69) is 25.5 Å². The Labute approximate surface area is 132 Å². The molecule has 0 unspecified atom stereocenters. The summed E-state index contributed by atoms with van der Waals surface area (Å²) in [6.07, 6.45) is 1.88. The van der Waals surface area contributed by atoms with Gasteiger partial charge < -0.3 is 9.72 Å². The first kappa shape index (κ1) is 14.7. The second kappa shape index (κ2) is 6.69. The van der Waals surface area contributed by atoms with Gasteiger partial charge in [-0.3, -0.25) is 15.1 Å². The zero-order valence-electron chi connectivity index (χ0n) is 12.5. The normalized spacial score (nSPS) is 10.3. The van der Waals surface area contributed by atoms with Crippen LogP contribution in [0.2, 0.25) is 0 Å². The van der Waals surface area contributed by atoms with Crippen LogP contribution in [0.5, 0.6) is 5.75 Å². The van der Waals surface area contributed by atoms with Crippen molar-refractivity contribution >= 4 is 11.9 Å². The standard InChI is InChI=1S/C16H15N5O2/c1-23-12-6-4-5-11(9-12)10-14(22)18-16-19-15(20-21-16)13-7-2-3-8-17-13/h2-9H,10H2,1H3,(H2,18,19,20,21,22). The van der Waals surface area contributed by atoms with E-state index in [1.807, 2.05) is 42.5 Å². The lowest BCUT2D eigenvalue weighted by atomic mass is 10.1. The quantitative estimate of drug-likeness (QED) is 0.752. The van der Waals surface area contributed by atoms with Crippen LogP contribution in [0.4, 0.5) is 5.95 Å². The van der Waals surface area contributed by atoms with E-state index in [-0.39, 0.29) is 12.3 Å². The zero-order valence-corrected chi connectivity index (χ0v) is 12.5. The van der Waals surface area contributed by atoms with Crippen LogP contribution >= 0.6 is 0 Å². The van der Waals surface area contributed by atoms with Crippen LogP contribution in [0.15, 0.2) is 48.7 Å². The molecule has 2 aromatic heterocycles. The molecule has 0 atom stereocenters. The van der Waals surface area contributed by atoms with Crippen molar-refractivity contribution in [3.05, 3.63) is 54.2 Å². The van der Waals surface area contributed by atoms with Gasteiger partial charge in [0.15, 0.2) is 5.82 Å². The second-order valence-corrected chi connectivity index (χ2v) is 4.81. The highest BCUT2D eigenvalue weighted by Gasteiger charge is 2.10. The van der Waals surface area contributed by atoms with Gasteiger partial charge in [0.2, 0.25) is 11.9 Å². The number of aromatic amines is 1. The lowest BCUT2D eigenvalue weighted by Crippen LogP contribution is -2.15. The molecule has 116 valence electrons. The first-order valence-electron chi connectivity index (χ1n) is 7.01. The number of methoxy groups -OCH3 is 1. The van der Waals surface area contributed by atoms with E-state index in [9.17, 15) is 4.79 Å². The van der Waals surface area contributed by atoms with Crippen LogP contribution in [0.25, 0.3) is 11.5 Å². The summed E-state index contributed by atoms with van der Waals surface area (Å²) in [4.78, 5) is 19.2. The molecule has 3 rings (SSSR count). The molecule has 1 amide bonds. The van der Waals surface area contributed by atoms with E-state index in [1.54, 1.807) is 13.3 Å². The van der Waals surface area contributed by atoms with E-state index < -0.39 is 0 Å². The molecule has 3 aromatic rings. The van der Waals surface area contributed by atoms with Crippen molar-refractivity contribution in [1.29, 1.82) is 0 Å². The Balaban J connectivity index is 1.65. The molecule has 0 radical (unpaired) electrons. The van der Waals surface area contributed by atoms with Crippen molar-refractivity contribution in [3.63, 3.8) is 0 Å². The zero-order chi connectivity index (χ0) is 16.1.